The number of hydrogen-bond donors (Lipinski definition) is 0. The van der Waals surface area contributed by atoms with Crippen molar-refractivity contribution in [3.05, 3.63) is 36.3 Å². The molecule has 1 saturated heterocycles. The Morgan fingerprint density at radius 2 is 1.62 bits per heavy atom. The van der Waals surface area contributed by atoms with Crippen molar-refractivity contribution in [3.63, 3.8) is 0 Å². The topological polar surface area (TPSA) is 23.8 Å². The van der Waals surface area contributed by atoms with E-state index in [1.165, 1.54) is 31.9 Å². The van der Waals surface area contributed by atoms with Gasteiger partial charge in [0.1, 0.15) is 5.65 Å². The molecular weight excluding hydrogens is 320 g/mol. The van der Waals surface area contributed by atoms with Gasteiger partial charge < -0.3 is 4.40 Å². The van der Waals surface area contributed by atoms with Gasteiger partial charge in [-0.05, 0) is 67.9 Å². The third-order valence-electron chi connectivity index (χ3n) is 7.80. The molecule has 4 heteroatoms. The van der Waals surface area contributed by atoms with Crippen LogP contribution in [0.1, 0.15) is 37.8 Å². The second kappa shape index (κ2) is 6.07. The summed E-state index contributed by atoms with van der Waals surface area (Å²) in [7, 11) is 0. The maximum Gasteiger partial charge on any atom is 0.137 e. The third kappa shape index (κ3) is 2.61. The lowest BCUT2D eigenvalue weighted by atomic mass is 9.54. The lowest BCUT2D eigenvalue weighted by Crippen LogP contribution is -2.60. The molecule has 0 amide bonds. The Morgan fingerprint density at radius 3 is 2.31 bits per heavy atom. The molecule has 5 fully saturated rings. The molecule has 5 aliphatic rings. The van der Waals surface area contributed by atoms with Crippen molar-refractivity contribution in [2.45, 2.75) is 44.7 Å². The van der Waals surface area contributed by atoms with Gasteiger partial charge in [0.25, 0.3) is 0 Å². The summed E-state index contributed by atoms with van der Waals surface area (Å²) >= 11 is 0. The van der Waals surface area contributed by atoms with Gasteiger partial charge in [-0.3, -0.25) is 9.80 Å². The van der Waals surface area contributed by atoms with Gasteiger partial charge in [-0.25, -0.2) is 4.98 Å². The Hall–Kier alpha value is -1.39. The fourth-order valence-electron chi connectivity index (χ4n) is 7.00. The minimum absolute atomic E-state index is 0.917. The van der Waals surface area contributed by atoms with E-state index in [2.05, 4.69) is 44.8 Å². The number of pyridine rings is 1. The Bertz CT molecular complexity index is 727. The highest BCUT2D eigenvalue weighted by Gasteiger charge is 2.50. The third-order valence-corrected chi connectivity index (χ3v) is 7.80. The summed E-state index contributed by atoms with van der Waals surface area (Å²) in [6.45, 7) is 5.94. The smallest absolute Gasteiger partial charge is 0.137 e. The highest BCUT2D eigenvalue weighted by molar-refractivity contribution is 5.39. The van der Waals surface area contributed by atoms with Gasteiger partial charge in [-0.15, -0.1) is 0 Å². The first-order valence-electron chi connectivity index (χ1n) is 10.7. The summed E-state index contributed by atoms with van der Waals surface area (Å²) < 4.78 is 2.14. The second-order valence-electron chi connectivity index (χ2n) is 9.43. The van der Waals surface area contributed by atoms with Crippen molar-refractivity contribution in [1.29, 1.82) is 0 Å². The van der Waals surface area contributed by atoms with Crippen LogP contribution in [0.25, 0.3) is 5.65 Å². The fourth-order valence-corrected chi connectivity index (χ4v) is 7.00. The van der Waals surface area contributed by atoms with E-state index >= 15 is 0 Å². The number of fused-ring (bicyclic) bond motifs is 1. The van der Waals surface area contributed by atoms with Gasteiger partial charge in [0.2, 0.25) is 0 Å². The van der Waals surface area contributed by atoms with E-state index < -0.39 is 0 Å². The Labute approximate surface area is 156 Å². The number of rotatable bonds is 3. The molecule has 26 heavy (non-hydrogen) atoms. The zero-order valence-corrected chi connectivity index (χ0v) is 15.6. The molecule has 4 bridgehead atoms. The molecule has 0 radical (unpaired) electrons. The largest absolute Gasteiger partial charge is 0.307 e. The predicted molar refractivity (Wildman–Crippen MR) is 103 cm³/mol. The summed E-state index contributed by atoms with van der Waals surface area (Å²) in [5, 5.41) is 0. The van der Waals surface area contributed by atoms with Gasteiger partial charge in [0.05, 0.1) is 5.69 Å². The number of aromatic nitrogens is 2. The molecular formula is C22H30N4. The molecule has 0 spiro atoms. The molecule has 2 aromatic rings. The van der Waals surface area contributed by atoms with Crippen LogP contribution >= 0.6 is 0 Å². The highest BCUT2D eigenvalue weighted by Crippen LogP contribution is 2.55. The lowest BCUT2D eigenvalue weighted by Gasteiger charge is -2.58. The molecule has 1 aliphatic heterocycles. The van der Waals surface area contributed by atoms with Crippen LogP contribution in [0.4, 0.5) is 0 Å². The number of piperazine rings is 1. The highest BCUT2D eigenvalue weighted by atomic mass is 15.3. The summed E-state index contributed by atoms with van der Waals surface area (Å²) in [4.78, 5) is 10.3. The van der Waals surface area contributed by atoms with Crippen molar-refractivity contribution < 1.29 is 0 Å². The van der Waals surface area contributed by atoms with Crippen LogP contribution in [0.2, 0.25) is 0 Å². The molecule has 4 saturated carbocycles. The van der Waals surface area contributed by atoms with Crippen molar-refractivity contribution in [3.8, 4) is 0 Å². The molecule has 0 unspecified atom stereocenters. The first-order valence-corrected chi connectivity index (χ1v) is 10.7. The summed E-state index contributed by atoms with van der Waals surface area (Å²) in [6.07, 6.45) is 12.0. The Balaban J connectivity index is 1.10. The predicted octanol–water partition coefficient (Wildman–Crippen LogP) is 3.28. The standard InChI is InChI=1S/C22H30N4/c1-2-4-26-15-20(23-21(26)3-1)14-24-5-7-25(8-6-24)22-18-10-16-9-17(12-18)13-19(22)11-16/h1-4,15-19,22H,5-14H2. The van der Waals surface area contributed by atoms with Crippen LogP contribution < -0.4 is 0 Å². The van der Waals surface area contributed by atoms with Crippen molar-refractivity contribution in [2.75, 3.05) is 26.2 Å². The van der Waals surface area contributed by atoms with Gasteiger partial charge in [0, 0.05) is 51.2 Å². The Kier molecular flexibility index (Phi) is 3.65. The van der Waals surface area contributed by atoms with Crippen molar-refractivity contribution >= 4 is 5.65 Å². The Morgan fingerprint density at radius 1 is 0.885 bits per heavy atom. The zero-order chi connectivity index (χ0) is 17.1. The fraction of sp³-hybridized carbons (Fsp3) is 0.682. The number of imidazole rings is 1. The molecule has 0 aromatic carbocycles. The first kappa shape index (κ1) is 15.6. The minimum Gasteiger partial charge on any atom is -0.307 e. The first-order chi connectivity index (χ1) is 12.8. The summed E-state index contributed by atoms with van der Waals surface area (Å²) in [5.41, 5.74) is 2.27. The van der Waals surface area contributed by atoms with Crippen molar-refractivity contribution in [1.82, 2.24) is 19.2 Å². The molecule has 0 atom stereocenters. The average molecular weight is 351 g/mol. The van der Waals surface area contributed by atoms with E-state index in [1.54, 1.807) is 32.1 Å². The SMILES string of the molecule is c1ccn2cc(CN3CCN(C4C5CC6CC(C5)CC4C6)CC3)nc2c1. The molecule has 4 nitrogen and oxygen atoms in total. The van der Waals surface area contributed by atoms with E-state index in [-0.39, 0.29) is 0 Å². The minimum atomic E-state index is 0.917. The van der Waals surface area contributed by atoms with E-state index in [1.807, 2.05) is 0 Å². The van der Waals surface area contributed by atoms with E-state index in [4.69, 9.17) is 4.98 Å². The molecule has 138 valence electrons. The molecule has 7 rings (SSSR count). The zero-order valence-electron chi connectivity index (χ0n) is 15.6. The molecule has 0 N–H and O–H groups in total. The molecule has 2 aromatic heterocycles. The van der Waals surface area contributed by atoms with Crippen LogP contribution in [0.15, 0.2) is 30.6 Å². The number of nitrogens with zero attached hydrogens (tertiary/aromatic N) is 4. The van der Waals surface area contributed by atoms with Crippen LogP contribution in [0, 0.1) is 23.7 Å². The molecule has 4 aliphatic carbocycles. The maximum absolute atomic E-state index is 4.78. The maximum atomic E-state index is 4.78. The summed E-state index contributed by atoms with van der Waals surface area (Å²) in [5.74, 6) is 4.22. The van der Waals surface area contributed by atoms with Crippen molar-refractivity contribution in [2.24, 2.45) is 23.7 Å². The summed E-state index contributed by atoms with van der Waals surface area (Å²) in [6, 6.07) is 7.14. The van der Waals surface area contributed by atoms with Gasteiger partial charge in [-0.2, -0.15) is 0 Å². The normalized spacial score (nSPS) is 37.6. The molecule has 3 heterocycles. The quantitative estimate of drug-likeness (QED) is 0.849. The van der Waals surface area contributed by atoms with E-state index in [0.29, 0.717) is 0 Å². The van der Waals surface area contributed by atoms with Gasteiger partial charge >= 0.3 is 0 Å². The van der Waals surface area contributed by atoms with Gasteiger partial charge in [0.15, 0.2) is 0 Å². The van der Waals surface area contributed by atoms with Crippen LogP contribution in [0.5, 0.6) is 0 Å². The van der Waals surface area contributed by atoms with Gasteiger partial charge in [-0.1, -0.05) is 6.07 Å². The van der Waals surface area contributed by atoms with E-state index in [0.717, 1.165) is 41.9 Å². The van der Waals surface area contributed by atoms with E-state index in [9.17, 15) is 0 Å². The monoisotopic (exact) mass is 350 g/mol. The average Bonchev–Trinajstić information content (AvgIpc) is 3.04. The van der Waals surface area contributed by atoms with Crippen LogP contribution in [-0.4, -0.2) is 51.4 Å². The lowest BCUT2D eigenvalue weighted by molar-refractivity contribution is -0.0769. The van der Waals surface area contributed by atoms with Crippen LogP contribution in [-0.2, 0) is 6.54 Å². The van der Waals surface area contributed by atoms with Crippen LogP contribution in [0.3, 0.4) is 0 Å². The number of hydrogen-bond acceptors (Lipinski definition) is 3. The second-order valence-corrected chi connectivity index (χ2v) is 9.43.